The molecule has 0 radical (unpaired) electrons. The summed E-state index contributed by atoms with van der Waals surface area (Å²) in [6, 6.07) is 14.6. The van der Waals surface area contributed by atoms with Gasteiger partial charge in [0.25, 0.3) is 5.95 Å². The van der Waals surface area contributed by atoms with E-state index >= 15 is 0 Å². The van der Waals surface area contributed by atoms with E-state index in [0.29, 0.717) is 5.95 Å². The fourth-order valence-corrected chi connectivity index (χ4v) is 3.48. The maximum Gasteiger partial charge on any atom is 0.265 e. The highest BCUT2D eigenvalue weighted by Crippen LogP contribution is 2.27. The molecule has 0 atom stereocenters. The SMILES string of the molecule is CCCCn1c2ccc(C)cc2c2nnc(N/N=C/c3ccc(N(C)C)cc3)nc21. The second-order valence-electron chi connectivity index (χ2n) is 7.69. The summed E-state index contributed by atoms with van der Waals surface area (Å²) >= 11 is 0. The lowest BCUT2D eigenvalue weighted by molar-refractivity contribution is 0.660. The molecular weight excluding hydrogens is 374 g/mol. The van der Waals surface area contributed by atoms with E-state index in [4.69, 9.17) is 4.98 Å². The number of aryl methyl sites for hydroxylation is 2. The van der Waals surface area contributed by atoms with Crippen LogP contribution in [0.3, 0.4) is 0 Å². The molecule has 0 saturated heterocycles. The van der Waals surface area contributed by atoms with Crippen LogP contribution in [0.15, 0.2) is 47.6 Å². The van der Waals surface area contributed by atoms with Crippen LogP contribution in [0.2, 0.25) is 0 Å². The van der Waals surface area contributed by atoms with Crippen LogP contribution in [-0.4, -0.2) is 40.1 Å². The van der Waals surface area contributed by atoms with Crippen LogP contribution in [0.25, 0.3) is 22.1 Å². The van der Waals surface area contributed by atoms with Crippen molar-refractivity contribution in [2.24, 2.45) is 5.10 Å². The Balaban J connectivity index is 1.62. The second kappa shape index (κ2) is 8.49. The number of fused-ring (bicyclic) bond motifs is 3. The first kappa shape index (κ1) is 19.8. The molecule has 0 aliphatic rings. The number of rotatable bonds is 7. The van der Waals surface area contributed by atoms with Crippen molar-refractivity contribution in [3.8, 4) is 0 Å². The molecule has 0 spiro atoms. The number of hydrazone groups is 1. The average Bonchev–Trinajstić information content (AvgIpc) is 3.04. The van der Waals surface area contributed by atoms with Gasteiger partial charge in [0.15, 0.2) is 5.65 Å². The van der Waals surface area contributed by atoms with Gasteiger partial charge >= 0.3 is 0 Å². The molecular formula is C23H27N7. The third-order valence-electron chi connectivity index (χ3n) is 5.14. The van der Waals surface area contributed by atoms with Crippen molar-refractivity contribution < 1.29 is 0 Å². The zero-order chi connectivity index (χ0) is 21.1. The molecule has 4 aromatic rings. The molecule has 0 amide bonds. The maximum atomic E-state index is 4.72. The Morgan fingerprint density at radius 1 is 1.10 bits per heavy atom. The topological polar surface area (TPSA) is 71.2 Å². The second-order valence-corrected chi connectivity index (χ2v) is 7.69. The number of hydrogen-bond donors (Lipinski definition) is 1. The Morgan fingerprint density at radius 2 is 1.90 bits per heavy atom. The monoisotopic (exact) mass is 401 g/mol. The lowest BCUT2D eigenvalue weighted by Crippen LogP contribution is -2.08. The predicted octanol–water partition coefficient (Wildman–Crippen LogP) is 4.60. The van der Waals surface area contributed by atoms with Crippen molar-refractivity contribution in [3.63, 3.8) is 0 Å². The fraction of sp³-hybridized carbons (Fsp3) is 0.304. The van der Waals surface area contributed by atoms with E-state index in [1.54, 1.807) is 6.21 Å². The molecule has 0 bridgehead atoms. The summed E-state index contributed by atoms with van der Waals surface area (Å²) in [5.41, 5.74) is 9.08. The molecule has 2 aromatic carbocycles. The Kier molecular flexibility index (Phi) is 5.61. The quantitative estimate of drug-likeness (QED) is 0.362. The molecule has 4 rings (SSSR count). The van der Waals surface area contributed by atoms with Gasteiger partial charge in [-0.2, -0.15) is 10.1 Å². The highest BCUT2D eigenvalue weighted by atomic mass is 15.4. The summed E-state index contributed by atoms with van der Waals surface area (Å²) in [4.78, 5) is 6.78. The summed E-state index contributed by atoms with van der Waals surface area (Å²) in [6.45, 7) is 5.18. The van der Waals surface area contributed by atoms with Gasteiger partial charge in [0.2, 0.25) is 0 Å². The van der Waals surface area contributed by atoms with Gasteiger partial charge in [-0.15, -0.1) is 10.2 Å². The van der Waals surface area contributed by atoms with E-state index in [2.05, 4.69) is 74.4 Å². The van der Waals surface area contributed by atoms with E-state index in [-0.39, 0.29) is 0 Å². The van der Waals surface area contributed by atoms with Crippen LogP contribution >= 0.6 is 0 Å². The number of aromatic nitrogens is 4. The fourth-order valence-electron chi connectivity index (χ4n) is 3.48. The third kappa shape index (κ3) is 3.96. The normalized spacial score (nSPS) is 11.6. The molecule has 0 saturated carbocycles. The molecule has 154 valence electrons. The van der Waals surface area contributed by atoms with E-state index in [9.17, 15) is 0 Å². The van der Waals surface area contributed by atoms with Crippen LogP contribution in [0.1, 0.15) is 30.9 Å². The summed E-state index contributed by atoms with van der Waals surface area (Å²) in [5.74, 6) is 0.390. The lowest BCUT2D eigenvalue weighted by Gasteiger charge is -2.11. The van der Waals surface area contributed by atoms with E-state index in [1.807, 2.05) is 26.2 Å². The van der Waals surface area contributed by atoms with Crippen molar-refractivity contribution in [3.05, 3.63) is 53.6 Å². The Morgan fingerprint density at radius 3 is 2.63 bits per heavy atom. The van der Waals surface area contributed by atoms with Gasteiger partial charge in [0.05, 0.1) is 11.7 Å². The zero-order valence-electron chi connectivity index (χ0n) is 17.9. The highest BCUT2D eigenvalue weighted by molar-refractivity contribution is 6.04. The van der Waals surface area contributed by atoms with E-state index < -0.39 is 0 Å². The van der Waals surface area contributed by atoms with Crippen molar-refractivity contribution >= 4 is 39.9 Å². The van der Waals surface area contributed by atoms with Gasteiger partial charge in [-0.1, -0.05) is 37.1 Å². The number of hydrogen-bond acceptors (Lipinski definition) is 6. The number of anilines is 2. The molecule has 0 aliphatic heterocycles. The van der Waals surface area contributed by atoms with Gasteiger partial charge in [-0.3, -0.25) is 0 Å². The van der Waals surface area contributed by atoms with Gasteiger partial charge in [0, 0.05) is 31.7 Å². The first-order valence-electron chi connectivity index (χ1n) is 10.3. The summed E-state index contributed by atoms with van der Waals surface area (Å²) in [6.07, 6.45) is 3.96. The number of nitrogens with one attached hydrogen (secondary N) is 1. The molecule has 0 fully saturated rings. The molecule has 2 aromatic heterocycles. The minimum absolute atomic E-state index is 0.390. The summed E-state index contributed by atoms with van der Waals surface area (Å²) < 4.78 is 2.23. The van der Waals surface area contributed by atoms with Gasteiger partial charge in [-0.25, -0.2) is 5.43 Å². The van der Waals surface area contributed by atoms with Crippen LogP contribution in [-0.2, 0) is 6.54 Å². The van der Waals surface area contributed by atoms with Crippen LogP contribution in [0.4, 0.5) is 11.6 Å². The van der Waals surface area contributed by atoms with E-state index in [0.717, 1.165) is 52.7 Å². The number of benzene rings is 2. The molecule has 7 heteroatoms. The molecule has 30 heavy (non-hydrogen) atoms. The number of nitrogens with zero attached hydrogens (tertiary/aromatic N) is 6. The molecule has 7 nitrogen and oxygen atoms in total. The summed E-state index contributed by atoms with van der Waals surface area (Å²) in [7, 11) is 4.04. The highest BCUT2D eigenvalue weighted by Gasteiger charge is 2.14. The van der Waals surface area contributed by atoms with Crippen molar-refractivity contribution in [1.82, 2.24) is 19.7 Å². The lowest BCUT2D eigenvalue weighted by atomic mass is 10.2. The van der Waals surface area contributed by atoms with Crippen LogP contribution in [0, 0.1) is 6.92 Å². The molecule has 1 N–H and O–H groups in total. The van der Waals surface area contributed by atoms with E-state index in [1.165, 1.54) is 5.56 Å². The van der Waals surface area contributed by atoms with Crippen LogP contribution in [0.5, 0.6) is 0 Å². The zero-order valence-corrected chi connectivity index (χ0v) is 17.9. The van der Waals surface area contributed by atoms with Crippen molar-refractivity contribution in [2.45, 2.75) is 33.2 Å². The van der Waals surface area contributed by atoms with Crippen LogP contribution < -0.4 is 10.3 Å². The van der Waals surface area contributed by atoms with Gasteiger partial charge < -0.3 is 9.47 Å². The maximum absolute atomic E-state index is 4.72. The minimum atomic E-state index is 0.390. The van der Waals surface area contributed by atoms with Crippen molar-refractivity contribution in [2.75, 3.05) is 24.4 Å². The van der Waals surface area contributed by atoms with Gasteiger partial charge in [-0.05, 0) is 43.2 Å². The largest absolute Gasteiger partial charge is 0.378 e. The smallest absolute Gasteiger partial charge is 0.265 e. The number of unbranched alkanes of at least 4 members (excludes halogenated alkanes) is 1. The Hall–Kier alpha value is -3.48. The standard InChI is InChI=1S/C23H27N7/c1-5-6-13-30-20-12-7-16(2)14-19(20)21-22(30)25-23(28-26-21)27-24-15-17-8-10-18(11-9-17)29(3)4/h7-12,14-15H,5-6,13H2,1-4H3,(H,25,27,28)/b24-15+. The minimum Gasteiger partial charge on any atom is -0.378 e. The first-order chi connectivity index (χ1) is 14.6. The third-order valence-corrected chi connectivity index (χ3v) is 5.14. The Labute approximate surface area is 176 Å². The average molecular weight is 402 g/mol. The Bertz CT molecular complexity index is 1190. The molecule has 0 unspecified atom stereocenters. The first-order valence-corrected chi connectivity index (χ1v) is 10.3. The summed E-state index contributed by atoms with van der Waals surface area (Å²) in [5, 5.41) is 14.1. The van der Waals surface area contributed by atoms with Gasteiger partial charge in [0.1, 0.15) is 5.52 Å². The predicted molar refractivity (Wildman–Crippen MR) is 124 cm³/mol. The van der Waals surface area contributed by atoms with Crippen molar-refractivity contribution in [1.29, 1.82) is 0 Å². The molecule has 2 heterocycles. The molecule has 0 aliphatic carbocycles.